The number of hydrogen-bond donors (Lipinski definition) is 0. The molecule has 0 unspecified atom stereocenters. The molecule has 24 heavy (non-hydrogen) atoms. The summed E-state index contributed by atoms with van der Waals surface area (Å²) < 4.78 is 5.85. The number of ether oxygens (including phenoxy) is 1. The summed E-state index contributed by atoms with van der Waals surface area (Å²) in [6, 6.07) is 8.01. The highest BCUT2D eigenvalue weighted by atomic mass is 32.2. The molecule has 0 bridgehead atoms. The Morgan fingerprint density at radius 3 is 3.00 bits per heavy atom. The molecule has 0 radical (unpaired) electrons. The second kappa shape index (κ2) is 6.76. The number of amides is 2. The largest absolute Gasteiger partial charge is 0.374 e. The van der Waals surface area contributed by atoms with Crippen LogP contribution >= 0.6 is 11.8 Å². The van der Waals surface area contributed by atoms with Gasteiger partial charge in [0.05, 0.1) is 30.2 Å². The van der Waals surface area contributed by atoms with E-state index in [1.54, 1.807) is 16.7 Å². The molecular formula is C18H22N2O3S. The first-order chi connectivity index (χ1) is 11.7. The van der Waals surface area contributed by atoms with Gasteiger partial charge in [-0.25, -0.2) is 0 Å². The Bertz CT molecular complexity index is 649. The lowest BCUT2D eigenvalue weighted by molar-refractivity contribution is -0.148. The third-order valence-electron chi connectivity index (χ3n) is 5.15. The Morgan fingerprint density at radius 2 is 2.08 bits per heavy atom. The summed E-state index contributed by atoms with van der Waals surface area (Å²) in [5.41, 5.74) is 0.862. The minimum Gasteiger partial charge on any atom is -0.374 e. The molecule has 0 spiro atoms. The molecule has 1 aromatic rings. The van der Waals surface area contributed by atoms with Crippen molar-refractivity contribution >= 4 is 29.3 Å². The number of anilines is 1. The number of para-hydroxylation sites is 1. The van der Waals surface area contributed by atoms with E-state index in [1.165, 1.54) is 6.42 Å². The number of hydrogen-bond acceptors (Lipinski definition) is 4. The average Bonchev–Trinajstić information content (AvgIpc) is 2.63. The molecule has 2 aliphatic heterocycles. The summed E-state index contributed by atoms with van der Waals surface area (Å²) in [5, 5.41) is 0. The number of fused-ring (bicyclic) bond motifs is 2. The van der Waals surface area contributed by atoms with Crippen molar-refractivity contribution in [3.63, 3.8) is 0 Å². The minimum atomic E-state index is 0.0144. The Balaban J connectivity index is 1.52. The van der Waals surface area contributed by atoms with Gasteiger partial charge in [0.2, 0.25) is 11.8 Å². The molecule has 1 saturated carbocycles. The van der Waals surface area contributed by atoms with Crippen LogP contribution in [0.5, 0.6) is 0 Å². The highest BCUT2D eigenvalue weighted by Crippen LogP contribution is 2.35. The number of nitrogens with zero attached hydrogens (tertiary/aromatic N) is 2. The Kier molecular flexibility index (Phi) is 4.50. The van der Waals surface area contributed by atoms with Crippen LogP contribution in [-0.4, -0.2) is 54.3 Å². The molecule has 2 atom stereocenters. The maximum Gasteiger partial charge on any atom is 0.243 e. The molecule has 1 aliphatic carbocycles. The number of benzene rings is 1. The predicted molar refractivity (Wildman–Crippen MR) is 93.2 cm³/mol. The molecular weight excluding hydrogens is 324 g/mol. The van der Waals surface area contributed by atoms with Crippen molar-refractivity contribution < 1.29 is 14.3 Å². The third-order valence-corrected chi connectivity index (χ3v) is 6.20. The van der Waals surface area contributed by atoms with Crippen molar-refractivity contribution in [2.45, 2.75) is 42.7 Å². The number of thioether (sulfide) groups is 1. The van der Waals surface area contributed by atoms with Gasteiger partial charge < -0.3 is 14.5 Å². The van der Waals surface area contributed by atoms with Gasteiger partial charge in [-0.1, -0.05) is 25.0 Å². The van der Waals surface area contributed by atoms with Crippen molar-refractivity contribution in [2.75, 3.05) is 30.3 Å². The fourth-order valence-electron chi connectivity index (χ4n) is 3.96. The second-order valence-electron chi connectivity index (χ2n) is 6.58. The monoisotopic (exact) mass is 346 g/mol. The fraction of sp³-hybridized carbons (Fsp3) is 0.556. The van der Waals surface area contributed by atoms with Crippen LogP contribution in [0.4, 0.5) is 5.69 Å². The second-order valence-corrected chi connectivity index (χ2v) is 7.60. The van der Waals surface area contributed by atoms with Crippen molar-refractivity contribution in [1.29, 1.82) is 0 Å². The SMILES string of the molecule is O=C1CSc2ccccc2N1CC(=O)N1CCO[C@@H]2CCCC[C@H]21. The quantitative estimate of drug-likeness (QED) is 0.824. The van der Waals surface area contributed by atoms with E-state index in [0.717, 1.165) is 29.8 Å². The molecule has 6 heteroatoms. The molecule has 4 rings (SSSR count). The van der Waals surface area contributed by atoms with Gasteiger partial charge in [0.25, 0.3) is 0 Å². The standard InChI is InChI=1S/C18H22N2O3S/c21-17(19-9-10-23-15-7-3-1-5-13(15)19)11-20-14-6-2-4-8-16(14)24-12-18(20)22/h2,4,6,8,13,15H,1,3,5,7,9-12H2/t13-,15-/m1/s1. The molecule has 2 heterocycles. The lowest BCUT2D eigenvalue weighted by atomic mass is 9.90. The van der Waals surface area contributed by atoms with Crippen LogP contribution in [0.15, 0.2) is 29.2 Å². The Hall–Kier alpha value is -1.53. The molecule has 2 fully saturated rings. The molecule has 3 aliphatic rings. The average molecular weight is 346 g/mol. The maximum absolute atomic E-state index is 12.9. The Morgan fingerprint density at radius 1 is 1.25 bits per heavy atom. The molecule has 2 amide bonds. The molecule has 128 valence electrons. The van der Waals surface area contributed by atoms with Crippen LogP contribution in [-0.2, 0) is 14.3 Å². The highest BCUT2D eigenvalue weighted by molar-refractivity contribution is 8.00. The summed E-state index contributed by atoms with van der Waals surface area (Å²) >= 11 is 1.55. The fourth-order valence-corrected chi connectivity index (χ4v) is 4.90. The molecule has 0 N–H and O–H groups in total. The van der Waals surface area contributed by atoms with Crippen LogP contribution < -0.4 is 4.90 Å². The zero-order valence-electron chi connectivity index (χ0n) is 13.6. The molecule has 1 saturated heterocycles. The van der Waals surface area contributed by atoms with E-state index in [9.17, 15) is 9.59 Å². The zero-order valence-corrected chi connectivity index (χ0v) is 14.5. The summed E-state index contributed by atoms with van der Waals surface area (Å²) in [5.74, 6) is 0.463. The molecule has 1 aromatic carbocycles. The van der Waals surface area contributed by atoms with Crippen molar-refractivity contribution in [3.05, 3.63) is 24.3 Å². The highest BCUT2D eigenvalue weighted by Gasteiger charge is 2.38. The van der Waals surface area contributed by atoms with Gasteiger partial charge in [-0.2, -0.15) is 0 Å². The summed E-state index contributed by atoms with van der Waals surface area (Å²) in [6.45, 7) is 1.38. The van der Waals surface area contributed by atoms with Gasteiger partial charge in [-0.05, 0) is 25.0 Å². The lowest BCUT2D eigenvalue weighted by Gasteiger charge is -2.44. The van der Waals surface area contributed by atoms with Crippen LogP contribution in [0.2, 0.25) is 0 Å². The van der Waals surface area contributed by atoms with Crippen LogP contribution in [0.3, 0.4) is 0 Å². The minimum absolute atomic E-state index is 0.0144. The van der Waals surface area contributed by atoms with Crippen molar-refractivity contribution in [2.24, 2.45) is 0 Å². The lowest BCUT2D eigenvalue weighted by Crippen LogP contribution is -2.57. The van der Waals surface area contributed by atoms with Crippen molar-refractivity contribution in [1.82, 2.24) is 4.90 Å². The van der Waals surface area contributed by atoms with Crippen molar-refractivity contribution in [3.8, 4) is 0 Å². The van der Waals surface area contributed by atoms with Gasteiger partial charge in [0.1, 0.15) is 6.54 Å². The van der Waals surface area contributed by atoms with E-state index >= 15 is 0 Å². The third kappa shape index (κ3) is 2.93. The van der Waals surface area contributed by atoms with Gasteiger partial charge in [-0.3, -0.25) is 9.59 Å². The van der Waals surface area contributed by atoms with Gasteiger partial charge in [0, 0.05) is 11.4 Å². The topological polar surface area (TPSA) is 49.9 Å². The molecule has 5 nitrogen and oxygen atoms in total. The number of morpholine rings is 1. The van der Waals surface area contributed by atoms with Gasteiger partial charge in [-0.15, -0.1) is 11.8 Å². The first-order valence-corrected chi connectivity index (χ1v) is 9.66. The Labute approximate surface area is 146 Å². The van der Waals surface area contributed by atoms with E-state index in [1.807, 2.05) is 29.2 Å². The van der Waals surface area contributed by atoms with Crippen LogP contribution in [0, 0.1) is 0 Å². The van der Waals surface area contributed by atoms with E-state index in [2.05, 4.69) is 0 Å². The first-order valence-electron chi connectivity index (χ1n) is 8.67. The first kappa shape index (κ1) is 16.0. The summed E-state index contributed by atoms with van der Waals surface area (Å²) in [4.78, 5) is 30.0. The summed E-state index contributed by atoms with van der Waals surface area (Å²) in [7, 11) is 0. The van der Waals surface area contributed by atoms with Gasteiger partial charge in [0.15, 0.2) is 0 Å². The predicted octanol–water partition coefficient (Wildman–Crippen LogP) is 2.30. The number of carbonyl (C=O) groups is 2. The normalized spacial score (nSPS) is 26.8. The van der Waals surface area contributed by atoms with Gasteiger partial charge >= 0.3 is 0 Å². The van der Waals surface area contributed by atoms with E-state index in [-0.39, 0.29) is 30.5 Å². The number of rotatable bonds is 2. The van der Waals surface area contributed by atoms with E-state index in [0.29, 0.717) is 18.9 Å². The summed E-state index contributed by atoms with van der Waals surface area (Å²) in [6.07, 6.45) is 4.55. The number of carbonyl (C=O) groups excluding carboxylic acids is 2. The van der Waals surface area contributed by atoms with E-state index in [4.69, 9.17) is 4.74 Å². The maximum atomic E-state index is 12.9. The van der Waals surface area contributed by atoms with E-state index < -0.39 is 0 Å². The smallest absolute Gasteiger partial charge is 0.243 e. The van der Waals surface area contributed by atoms with Crippen LogP contribution in [0.25, 0.3) is 0 Å². The molecule has 0 aromatic heterocycles. The zero-order chi connectivity index (χ0) is 16.5. The van der Waals surface area contributed by atoms with Crippen LogP contribution in [0.1, 0.15) is 25.7 Å².